The van der Waals surface area contributed by atoms with Crippen molar-refractivity contribution in [3.05, 3.63) is 59.7 Å². The van der Waals surface area contributed by atoms with E-state index in [1.165, 1.54) is 14.1 Å². The van der Waals surface area contributed by atoms with Gasteiger partial charge in [-0.25, -0.2) is 12.7 Å². The maximum Gasteiger partial charge on any atom is 0.242 e. The smallest absolute Gasteiger partial charge is 0.242 e. The van der Waals surface area contributed by atoms with Crippen molar-refractivity contribution in [2.45, 2.75) is 24.3 Å². The summed E-state index contributed by atoms with van der Waals surface area (Å²) in [6.45, 7) is 0.161. The van der Waals surface area contributed by atoms with Crippen LogP contribution in [0.25, 0.3) is 0 Å². The summed E-state index contributed by atoms with van der Waals surface area (Å²) in [7, 11) is 1.01. The fraction of sp³-hybridized carbons (Fsp3) is 0.316. The molecular weight excluding hydrogens is 352 g/mol. The molecule has 0 aliphatic heterocycles. The monoisotopic (exact) mass is 376 g/mol. The number of nitrogens with one attached hydrogen (secondary N) is 1. The highest BCUT2D eigenvalue weighted by Gasteiger charge is 2.20. The molecule has 6 nitrogen and oxygen atoms in total. The molecule has 26 heavy (non-hydrogen) atoms. The standard InChI is InChI=1S/C19H24N2O4S/c1-21(2)26(23,24)18-11-7-5-9-16(18)14-20-19(22)13-12-15-8-4-6-10-17(15)25-3/h4-11H,12-14H2,1-3H3,(H,20,22). The Hall–Kier alpha value is -2.38. The predicted octanol–water partition coefficient (Wildman–Crippen LogP) is 2.19. The number of sulfonamides is 1. The number of carbonyl (C=O) groups is 1. The molecule has 7 heteroatoms. The van der Waals surface area contributed by atoms with Crippen LogP contribution in [-0.4, -0.2) is 39.8 Å². The third-order valence-electron chi connectivity index (χ3n) is 4.02. The van der Waals surface area contributed by atoms with Crippen LogP contribution >= 0.6 is 0 Å². The molecule has 0 atom stereocenters. The van der Waals surface area contributed by atoms with Crippen LogP contribution in [0, 0.1) is 0 Å². The number of hydrogen-bond acceptors (Lipinski definition) is 4. The van der Waals surface area contributed by atoms with Crippen LogP contribution in [0.3, 0.4) is 0 Å². The summed E-state index contributed by atoms with van der Waals surface area (Å²) in [6, 6.07) is 14.2. The molecule has 140 valence electrons. The molecule has 0 bridgehead atoms. The van der Waals surface area contributed by atoms with E-state index in [1.807, 2.05) is 24.3 Å². The number of methoxy groups -OCH3 is 1. The average Bonchev–Trinajstić information content (AvgIpc) is 2.64. The lowest BCUT2D eigenvalue weighted by atomic mass is 10.1. The minimum Gasteiger partial charge on any atom is -0.496 e. The molecular formula is C19H24N2O4S. The van der Waals surface area contributed by atoms with Gasteiger partial charge in [-0.15, -0.1) is 0 Å². The van der Waals surface area contributed by atoms with Gasteiger partial charge in [0.15, 0.2) is 0 Å². The van der Waals surface area contributed by atoms with E-state index in [4.69, 9.17) is 4.74 Å². The van der Waals surface area contributed by atoms with Crippen LogP contribution < -0.4 is 10.1 Å². The summed E-state index contributed by atoms with van der Waals surface area (Å²) in [5.41, 5.74) is 1.52. The second-order valence-electron chi connectivity index (χ2n) is 5.98. The summed E-state index contributed by atoms with van der Waals surface area (Å²) < 4.78 is 31.2. The number of aryl methyl sites for hydroxylation is 1. The van der Waals surface area contributed by atoms with Crippen molar-refractivity contribution in [2.24, 2.45) is 0 Å². The third kappa shape index (κ3) is 4.83. The van der Waals surface area contributed by atoms with Crippen LogP contribution in [0.1, 0.15) is 17.5 Å². The summed E-state index contributed by atoms with van der Waals surface area (Å²) in [5, 5.41) is 2.80. The molecule has 0 unspecified atom stereocenters. The van der Waals surface area contributed by atoms with Gasteiger partial charge in [0, 0.05) is 27.1 Å². The van der Waals surface area contributed by atoms with Gasteiger partial charge in [-0.1, -0.05) is 36.4 Å². The Bertz CT molecular complexity index is 863. The molecule has 0 heterocycles. The maximum atomic E-state index is 12.4. The molecule has 2 rings (SSSR count). The molecule has 0 aromatic heterocycles. The normalized spacial score (nSPS) is 11.4. The van der Waals surface area contributed by atoms with E-state index >= 15 is 0 Å². The van der Waals surface area contributed by atoms with E-state index in [-0.39, 0.29) is 17.3 Å². The second-order valence-corrected chi connectivity index (χ2v) is 8.10. The predicted molar refractivity (Wildman–Crippen MR) is 100 cm³/mol. The van der Waals surface area contributed by atoms with Gasteiger partial charge >= 0.3 is 0 Å². The number of para-hydroxylation sites is 1. The summed E-state index contributed by atoms with van der Waals surface area (Å²) >= 11 is 0. The quantitative estimate of drug-likeness (QED) is 0.766. The van der Waals surface area contributed by atoms with Gasteiger partial charge in [0.25, 0.3) is 0 Å². The Morgan fingerprint density at radius 1 is 1.04 bits per heavy atom. The number of rotatable bonds is 8. The lowest BCUT2D eigenvalue weighted by molar-refractivity contribution is -0.121. The first kappa shape index (κ1) is 19.9. The zero-order valence-corrected chi connectivity index (χ0v) is 16.0. The lowest BCUT2D eigenvalue weighted by Crippen LogP contribution is -2.27. The van der Waals surface area contributed by atoms with Gasteiger partial charge in [0.05, 0.1) is 12.0 Å². The molecule has 2 aromatic carbocycles. The number of hydrogen-bond donors (Lipinski definition) is 1. The van der Waals surface area contributed by atoms with E-state index in [0.29, 0.717) is 18.4 Å². The van der Waals surface area contributed by atoms with Gasteiger partial charge in [-0.2, -0.15) is 0 Å². The molecule has 2 aromatic rings. The molecule has 0 radical (unpaired) electrons. The minimum atomic E-state index is -3.55. The molecule has 0 aliphatic carbocycles. The SMILES string of the molecule is COc1ccccc1CCC(=O)NCc1ccccc1S(=O)(=O)N(C)C. The zero-order chi connectivity index (χ0) is 19.2. The third-order valence-corrected chi connectivity index (χ3v) is 5.94. The number of amides is 1. The van der Waals surface area contributed by atoms with Crippen LogP contribution in [0.5, 0.6) is 5.75 Å². The Labute approximate surface area is 154 Å². The highest BCUT2D eigenvalue weighted by atomic mass is 32.2. The largest absolute Gasteiger partial charge is 0.496 e. The van der Waals surface area contributed by atoms with Crippen molar-refractivity contribution >= 4 is 15.9 Å². The Morgan fingerprint density at radius 2 is 1.65 bits per heavy atom. The Morgan fingerprint density at radius 3 is 2.31 bits per heavy atom. The van der Waals surface area contributed by atoms with Crippen LogP contribution in [0.15, 0.2) is 53.4 Å². The molecule has 0 saturated carbocycles. The average molecular weight is 376 g/mol. The number of benzene rings is 2. The van der Waals surface area contributed by atoms with Gasteiger partial charge in [-0.3, -0.25) is 4.79 Å². The highest BCUT2D eigenvalue weighted by molar-refractivity contribution is 7.89. The first-order valence-corrected chi connectivity index (χ1v) is 9.69. The number of carbonyl (C=O) groups excluding carboxylic acids is 1. The van der Waals surface area contributed by atoms with Gasteiger partial charge in [0.2, 0.25) is 15.9 Å². The topological polar surface area (TPSA) is 75.7 Å². The highest BCUT2D eigenvalue weighted by Crippen LogP contribution is 2.20. The zero-order valence-electron chi connectivity index (χ0n) is 15.2. The van der Waals surface area contributed by atoms with Gasteiger partial charge in [0.1, 0.15) is 5.75 Å². The van der Waals surface area contributed by atoms with E-state index in [2.05, 4.69) is 5.32 Å². The Balaban J connectivity index is 2.00. The van der Waals surface area contributed by atoms with Crippen LogP contribution in [-0.2, 0) is 27.8 Å². The van der Waals surface area contributed by atoms with Crippen LogP contribution in [0.4, 0.5) is 0 Å². The number of ether oxygens (including phenoxy) is 1. The number of nitrogens with zero attached hydrogens (tertiary/aromatic N) is 1. The van der Waals surface area contributed by atoms with Gasteiger partial charge in [-0.05, 0) is 29.7 Å². The van der Waals surface area contributed by atoms with E-state index in [9.17, 15) is 13.2 Å². The minimum absolute atomic E-state index is 0.145. The fourth-order valence-electron chi connectivity index (χ4n) is 2.54. The lowest BCUT2D eigenvalue weighted by Gasteiger charge is -2.15. The van der Waals surface area contributed by atoms with E-state index in [0.717, 1.165) is 15.6 Å². The van der Waals surface area contributed by atoms with Crippen molar-refractivity contribution in [3.8, 4) is 5.75 Å². The first-order valence-electron chi connectivity index (χ1n) is 8.25. The van der Waals surface area contributed by atoms with E-state index in [1.54, 1.807) is 31.4 Å². The summed E-state index contributed by atoms with van der Waals surface area (Å²) in [4.78, 5) is 12.4. The molecule has 1 N–H and O–H groups in total. The second kappa shape index (κ2) is 8.82. The van der Waals surface area contributed by atoms with Crippen molar-refractivity contribution in [3.63, 3.8) is 0 Å². The summed E-state index contributed by atoms with van der Waals surface area (Å²) in [5.74, 6) is 0.607. The van der Waals surface area contributed by atoms with Crippen molar-refractivity contribution in [2.75, 3.05) is 21.2 Å². The van der Waals surface area contributed by atoms with Crippen molar-refractivity contribution < 1.29 is 17.9 Å². The summed E-state index contributed by atoms with van der Waals surface area (Å²) in [6.07, 6.45) is 0.844. The first-order chi connectivity index (χ1) is 12.4. The molecule has 0 aliphatic rings. The molecule has 0 fully saturated rings. The fourth-order valence-corrected chi connectivity index (χ4v) is 3.65. The maximum absolute atomic E-state index is 12.4. The van der Waals surface area contributed by atoms with Crippen molar-refractivity contribution in [1.82, 2.24) is 9.62 Å². The molecule has 0 saturated heterocycles. The van der Waals surface area contributed by atoms with Gasteiger partial charge < -0.3 is 10.1 Å². The molecule has 0 spiro atoms. The van der Waals surface area contributed by atoms with Crippen LogP contribution in [0.2, 0.25) is 0 Å². The molecule has 1 amide bonds. The van der Waals surface area contributed by atoms with Crippen molar-refractivity contribution in [1.29, 1.82) is 0 Å². The Kier molecular flexibility index (Phi) is 6.76. The van der Waals surface area contributed by atoms with E-state index < -0.39 is 10.0 Å².